The Kier molecular flexibility index (Phi) is 62.1. The molecule has 440 valence electrons. The van der Waals surface area contributed by atoms with Crippen molar-refractivity contribution in [1.82, 2.24) is 0 Å². The lowest BCUT2D eigenvalue weighted by Gasteiger charge is -2.18. The Morgan fingerprint density at radius 2 is 0.480 bits per heavy atom. The van der Waals surface area contributed by atoms with Gasteiger partial charge in [-0.3, -0.25) is 14.4 Å². The summed E-state index contributed by atoms with van der Waals surface area (Å²) in [6.07, 6.45) is 79.2. The molecule has 0 saturated carbocycles. The summed E-state index contributed by atoms with van der Waals surface area (Å²) < 4.78 is 16.8. The summed E-state index contributed by atoms with van der Waals surface area (Å²) in [5.41, 5.74) is 0. The molecule has 0 amide bonds. The maximum Gasteiger partial charge on any atom is 0.306 e. The first-order chi connectivity index (χ1) is 37.0. The van der Waals surface area contributed by atoms with Gasteiger partial charge in [0.25, 0.3) is 0 Å². The van der Waals surface area contributed by atoms with Gasteiger partial charge in [-0.15, -0.1) is 0 Å². The van der Waals surface area contributed by atoms with Gasteiger partial charge in [0, 0.05) is 19.3 Å². The number of carbonyl (C=O) groups is 3. The van der Waals surface area contributed by atoms with E-state index in [0.717, 1.165) is 64.2 Å². The second kappa shape index (κ2) is 64.2. The zero-order chi connectivity index (χ0) is 54.3. The van der Waals surface area contributed by atoms with E-state index in [1.165, 1.54) is 263 Å². The zero-order valence-electron chi connectivity index (χ0n) is 50.6. The molecule has 0 radical (unpaired) electrons. The molecule has 75 heavy (non-hydrogen) atoms. The molecule has 0 aromatic rings. The van der Waals surface area contributed by atoms with Crippen molar-refractivity contribution in [3.63, 3.8) is 0 Å². The predicted molar refractivity (Wildman–Crippen MR) is 326 cm³/mol. The van der Waals surface area contributed by atoms with E-state index in [0.29, 0.717) is 19.3 Å². The van der Waals surface area contributed by atoms with Crippen LogP contribution in [0.5, 0.6) is 0 Å². The third kappa shape index (κ3) is 62.4. The molecule has 0 rings (SSSR count). The minimum absolute atomic E-state index is 0.0687. The predicted octanol–water partition coefficient (Wildman–Crippen LogP) is 22.8. The molecule has 1 atom stereocenters. The van der Waals surface area contributed by atoms with E-state index in [9.17, 15) is 14.4 Å². The molecule has 0 heterocycles. The Bertz CT molecular complexity index is 1250. The van der Waals surface area contributed by atoms with E-state index in [2.05, 4.69) is 57.2 Å². The van der Waals surface area contributed by atoms with Crippen molar-refractivity contribution >= 4 is 17.9 Å². The number of carbonyl (C=O) groups excluding carboxylic acids is 3. The van der Waals surface area contributed by atoms with Crippen LogP contribution in [0, 0.1) is 0 Å². The summed E-state index contributed by atoms with van der Waals surface area (Å²) in [5.74, 6) is -0.858. The lowest BCUT2D eigenvalue weighted by molar-refractivity contribution is -0.167. The first-order valence-corrected chi connectivity index (χ1v) is 33.5. The Hall–Kier alpha value is -2.37. The zero-order valence-corrected chi connectivity index (χ0v) is 50.6. The van der Waals surface area contributed by atoms with Gasteiger partial charge < -0.3 is 14.2 Å². The Morgan fingerprint density at radius 1 is 0.267 bits per heavy atom. The van der Waals surface area contributed by atoms with Crippen molar-refractivity contribution < 1.29 is 28.6 Å². The lowest BCUT2D eigenvalue weighted by atomic mass is 10.0. The highest BCUT2D eigenvalue weighted by Crippen LogP contribution is 2.18. The second-order valence-corrected chi connectivity index (χ2v) is 22.7. The van der Waals surface area contributed by atoms with Crippen LogP contribution in [0.4, 0.5) is 0 Å². The lowest BCUT2D eigenvalue weighted by Crippen LogP contribution is -2.30. The Labute approximate surface area is 467 Å². The van der Waals surface area contributed by atoms with Gasteiger partial charge in [-0.2, -0.15) is 0 Å². The summed E-state index contributed by atoms with van der Waals surface area (Å²) in [6, 6.07) is 0. The first kappa shape index (κ1) is 72.6. The van der Waals surface area contributed by atoms with Crippen LogP contribution in [0.15, 0.2) is 36.5 Å². The number of esters is 3. The van der Waals surface area contributed by atoms with Crippen molar-refractivity contribution in [3.05, 3.63) is 36.5 Å². The van der Waals surface area contributed by atoms with Gasteiger partial charge in [0.1, 0.15) is 13.2 Å². The van der Waals surface area contributed by atoms with Crippen molar-refractivity contribution in [2.24, 2.45) is 0 Å². The van der Waals surface area contributed by atoms with Crippen molar-refractivity contribution in [2.75, 3.05) is 13.2 Å². The normalized spacial score (nSPS) is 12.2. The van der Waals surface area contributed by atoms with Gasteiger partial charge >= 0.3 is 17.9 Å². The molecule has 0 aromatic carbocycles. The van der Waals surface area contributed by atoms with E-state index in [1.807, 2.05) is 0 Å². The highest BCUT2D eigenvalue weighted by atomic mass is 16.6. The van der Waals surface area contributed by atoms with Crippen LogP contribution in [-0.2, 0) is 28.6 Å². The summed E-state index contributed by atoms with van der Waals surface area (Å²) in [5, 5.41) is 0. The summed E-state index contributed by atoms with van der Waals surface area (Å²) in [4.78, 5) is 38.0. The third-order valence-electron chi connectivity index (χ3n) is 15.1. The number of ether oxygens (including phenoxy) is 3. The number of hydrogen-bond acceptors (Lipinski definition) is 6. The van der Waals surface area contributed by atoms with Crippen LogP contribution in [0.1, 0.15) is 367 Å². The summed E-state index contributed by atoms with van der Waals surface area (Å²) >= 11 is 0. The van der Waals surface area contributed by atoms with Crippen molar-refractivity contribution in [1.29, 1.82) is 0 Å². The van der Waals surface area contributed by atoms with Gasteiger partial charge in [-0.25, -0.2) is 0 Å². The molecule has 0 aliphatic carbocycles. The average molecular weight is 1050 g/mol. The smallest absolute Gasteiger partial charge is 0.306 e. The second-order valence-electron chi connectivity index (χ2n) is 22.7. The number of allylic oxidation sites excluding steroid dienone is 6. The highest BCUT2D eigenvalue weighted by Gasteiger charge is 2.19. The quantitative estimate of drug-likeness (QED) is 0.0261. The largest absolute Gasteiger partial charge is 0.462 e. The molecule has 0 aromatic heterocycles. The summed E-state index contributed by atoms with van der Waals surface area (Å²) in [6.45, 7) is 6.63. The number of hydrogen-bond donors (Lipinski definition) is 0. The van der Waals surface area contributed by atoms with Gasteiger partial charge in [0.05, 0.1) is 0 Å². The monoisotopic (exact) mass is 1050 g/mol. The first-order valence-electron chi connectivity index (χ1n) is 33.5. The van der Waals surface area contributed by atoms with E-state index in [4.69, 9.17) is 14.2 Å². The SMILES string of the molecule is CCCCCCC/C=C\C/C=C\CCCCCCCCCCCCCCCCCCCCCCCC(=O)OCC(COC(=O)CCCCCCCCC)OC(=O)CCCCCCCCC/C=C\CCCCCCCC. The third-order valence-corrected chi connectivity index (χ3v) is 15.1. The Balaban J connectivity index is 3.96. The maximum absolute atomic E-state index is 12.8. The highest BCUT2D eigenvalue weighted by molar-refractivity contribution is 5.71. The Morgan fingerprint density at radius 3 is 0.747 bits per heavy atom. The molecule has 0 fully saturated rings. The molecule has 0 spiro atoms. The fourth-order valence-electron chi connectivity index (χ4n) is 10.1. The molecule has 0 aliphatic rings. The molecule has 1 unspecified atom stereocenters. The van der Waals surface area contributed by atoms with Crippen LogP contribution in [0.3, 0.4) is 0 Å². The molecule has 6 heteroatoms. The molecule has 0 aliphatic heterocycles. The number of unbranched alkanes of at least 4 members (excludes halogenated alkanes) is 45. The van der Waals surface area contributed by atoms with Gasteiger partial charge in [-0.1, -0.05) is 308 Å². The van der Waals surface area contributed by atoms with E-state index >= 15 is 0 Å². The van der Waals surface area contributed by atoms with Crippen LogP contribution < -0.4 is 0 Å². The average Bonchev–Trinajstić information content (AvgIpc) is 3.41. The van der Waals surface area contributed by atoms with E-state index in [1.54, 1.807) is 0 Å². The van der Waals surface area contributed by atoms with Crippen molar-refractivity contribution in [2.45, 2.75) is 374 Å². The van der Waals surface area contributed by atoms with Crippen LogP contribution in [0.2, 0.25) is 0 Å². The fraction of sp³-hybridized carbons (Fsp3) is 0.870. The van der Waals surface area contributed by atoms with Gasteiger partial charge in [0.2, 0.25) is 0 Å². The molecule has 0 bridgehead atoms. The maximum atomic E-state index is 12.8. The van der Waals surface area contributed by atoms with E-state index in [-0.39, 0.29) is 31.1 Å². The molecular formula is C69H128O6. The molecule has 6 nitrogen and oxygen atoms in total. The van der Waals surface area contributed by atoms with Crippen LogP contribution in [-0.4, -0.2) is 37.2 Å². The minimum Gasteiger partial charge on any atom is -0.462 e. The van der Waals surface area contributed by atoms with Crippen molar-refractivity contribution in [3.8, 4) is 0 Å². The molecule has 0 saturated heterocycles. The van der Waals surface area contributed by atoms with Crippen LogP contribution >= 0.6 is 0 Å². The molecule has 0 N–H and O–H groups in total. The van der Waals surface area contributed by atoms with Crippen LogP contribution in [0.25, 0.3) is 0 Å². The van der Waals surface area contributed by atoms with Gasteiger partial charge in [0.15, 0.2) is 6.10 Å². The molecular weight excluding hydrogens is 925 g/mol. The number of rotatable bonds is 62. The van der Waals surface area contributed by atoms with Gasteiger partial charge in [-0.05, 0) is 77.0 Å². The minimum atomic E-state index is -0.769. The topological polar surface area (TPSA) is 78.9 Å². The summed E-state index contributed by atoms with van der Waals surface area (Å²) in [7, 11) is 0. The fourth-order valence-corrected chi connectivity index (χ4v) is 10.1. The standard InChI is InChI=1S/C69H128O6/c1-4-7-10-13-16-18-20-22-24-26-27-28-29-30-31-32-33-34-35-36-37-38-39-40-41-43-44-46-48-50-53-56-59-62-68(71)74-65-66(64-73-67(70)61-58-55-52-15-12-9-6-3)75-69(72)63-60-57-54-51-49-47-45-42-25-23-21-19-17-14-11-8-5-2/h20,22-23,25-27,66H,4-19,21,24,28-65H2,1-3H3/b22-20-,25-23-,27-26-. The van der Waals surface area contributed by atoms with E-state index < -0.39 is 6.10 Å².